The number of methoxy groups -OCH3 is 1. The number of hydrogen-bond acceptors (Lipinski definition) is 3. The third-order valence-corrected chi connectivity index (χ3v) is 3.50. The van der Waals surface area contributed by atoms with Crippen LogP contribution in [0.2, 0.25) is 0 Å². The molecule has 0 unspecified atom stereocenters. The molecule has 0 saturated heterocycles. The van der Waals surface area contributed by atoms with Crippen molar-refractivity contribution in [3.8, 4) is 5.75 Å². The van der Waals surface area contributed by atoms with E-state index in [1.165, 1.54) is 19.2 Å². The highest BCUT2D eigenvalue weighted by Crippen LogP contribution is 2.22. The summed E-state index contributed by atoms with van der Waals surface area (Å²) < 4.78 is 18.5. The smallest absolute Gasteiger partial charge is 0.228 e. The summed E-state index contributed by atoms with van der Waals surface area (Å²) >= 11 is 0. The molecule has 4 nitrogen and oxygen atoms in total. The van der Waals surface area contributed by atoms with Crippen LogP contribution in [0.25, 0.3) is 10.9 Å². The third-order valence-electron chi connectivity index (χ3n) is 3.50. The van der Waals surface area contributed by atoms with Gasteiger partial charge in [-0.25, -0.2) is 4.39 Å². The van der Waals surface area contributed by atoms with Gasteiger partial charge in [0.05, 0.1) is 24.7 Å². The Kier molecular flexibility index (Phi) is 4.19. The number of aromatic nitrogens is 1. The molecule has 0 fully saturated rings. The quantitative estimate of drug-likeness (QED) is 0.801. The molecule has 1 heterocycles. The van der Waals surface area contributed by atoms with Crippen molar-refractivity contribution in [3.05, 3.63) is 66.1 Å². The molecule has 5 heteroatoms. The van der Waals surface area contributed by atoms with Crippen LogP contribution < -0.4 is 10.1 Å². The Bertz CT molecular complexity index is 859. The molecule has 1 amide bonds. The number of pyridine rings is 1. The van der Waals surface area contributed by atoms with Crippen LogP contribution in [-0.4, -0.2) is 18.0 Å². The fourth-order valence-corrected chi connectivity index (χ4v) is 2.41. The first kappa shape index (κ1) is 15.0. The van der Waals surface area contributed by atoms with E-state index in [0.29, 0.717) is 11.3 Å². The van der Waals surface area contributed by atoms with E-state index in [0.717, 1.165) is 10.9 Å². The first-order valence-corrected chi connectivity index (χ1v) is 7.13. The highest BCUT2D eigenvalue weighted by atomic mass is 19.1. The largest absolute Gasteiger partial charge is 0.494 e. The molecule has 116 valence electrons. The van der Waals surface area contributed by atoms with E-state index < -0.39 is 5.82 Å². The number of ether oxygens (including phenoxy) is 1. The maximum Gasteiger partial charge on any atom is 0.228 e. The van der Waals surface area contributed by atoms with Crippen molar-refractivity contribution in [2.24, 2.45) is 0 Å². The number of carbonyl (C=O) groups excluding carboxylic acids is 1. The van der Waals surface area contributed by atoms with Crippen LogP contribution in [0.4, 0.5) is 10.1 Å². The summed E-state index contributed by atoms with van der Waals surface area (Å²) in [5.74, 6) is -0.535. The first-order valence-electron chi connectivity index (χ1n) is 7.13. The number of hydrogen-bond donors (Lipinski definition) is 1. The molecule has 0 spiro atoms. The van der Waals surface area contributed by atoms with Crippen molar-refractivity contribution in [3.63, 3.8) is 0 Å². The highest BCUT2D eigenvalue weighted by molar-refractivity contribution is 6.01. The van der Waals surface area contributed by atoms with E-state index in [-0.39, 0.29) is 18.1 Å². The van der Waals surface area contributed by atoms with Crippen molar-refractivity contribution in [1.82, 2.24) is 4.98 Å². The number of rotatable bonds is 4. The molecule has 3 aromatic rings. The fourth-order valence-electron chi connectivity index (χ4n) is 2.41. The van der Waals surface area contributed by atoms with Gasteiger partial charge in [-0.2, -0.15) is 0 Å². The third kappa shape index (κ3) is 3.29. The molecule has 0 aliphatic heterocycles. The van der Waals surface area contributed by atoms with E-state index in [1.54, 1.807) is 12.3 Å². The van der Waals surface area contributed by atoms with E-state index >= 15 is 0 Å². The van der Waals surface area contributed by atoms with Gasteiger partial charge in [0.15, 0.2) is 11.6 Å². The van der Waals surface area contributed by atoms with Gasteiger partial charge in [0.1, 0.15) is 0 Å². The number of anilines is 1. The van der Waals surface area contributed by atoms with Gasteiger partial charge >= 0.3 is 0 Å². The average molecular weight is 310 g/mol. The molecule has 0 atom stereocenters. The molecule has 0 saturated carbocycles. The number of fused-ring (bicyclic) bond motifs is 1. The number of benzene rings is 2. The SMILES string of the molecule is COc1ccc(CC(=O)Nc2cccc3ncccc23)cc1F. The summed E-state index contributed by atoms with van der Waals surface area (Å²) in [4.78, 5) is 16.5. The number of carbonyl (C=O) groups is 1. The highest BCUT2D eigenvalue weighted by Gasteiger charge is 2.09. The van der Waals surface area contributed by atoms with Crippen LogP contribution in [0.3, 0.4) is 0 Å². The van der Waals surface area contributed by atoms with E-state index in [4.69, 9.17) is 4.74 Å². The van der Waals surface area contributed by atoms with Crippen molar-refractivity contribution in [2.45, 2.75) is 6.42 Å². The monoisotopic (exact) mass is 310 g/mol. The molecule has 1 aromatic heterocycles. The van der Waals surface area contributed by atoms with Gasteiger partial charge in [0.25, 0.3) is 0 Å². The second-order valence-electron chi connectivity index (χ2n) is 5.07. The van der Waals surface area contributed by atoms with E-state index in [2.05, 4.69) is 10.3 Å². The Morgan fingerprint density at radius 1 is 1.22 bits per heavy atom. The summed E-state index contributed by atoms with van der Waals surface area (Å²) in [7, 11) is 1.40. The van der Waals surface area contributed by atoms with Crippen molar-refractivity contribution >= 4 is 22.5 Å². The molecule has 3 rings (SSSR count). The van der Waals surface area contributed by atoms with Gasteiger partial charge in [-0.05, 0) is 42.0 Å². The van der Waals surface area contributed by atoms with Crippen LogP contribution in [0, 0.1) is 5.82 Å². The molecule has 23 heavy (non-hydrogen) atoms. The van der Waals surface area contributed by atoms with Crippen LogP contribution in [0.5, 0.6) is 5.75 Å². The Balaban J connectivity index is 1.77. The zero-order chi connectivity index (χ0) is 16.2. The summed E-state index contributed by atoms with van der Waals surface area (Å²) in [6.45, 7) is 0. The average Bonchev–Trinajstić information content (AvgIpc) is 2.55. The van der Waals surface area contributed by atoms with Crippen LogP contribution in [0.1, 0.15) is 5.56 Å². The van der Waals surface area contributed by atoms with Gasteiger partial charge in [0, 0.05) is 11.6 Å². The lowest BCUT2D eigenvalue weighted by molar-refractivity contribution is -0.115. The lowest BCUT2D eigenvalue weighted by Crippen LogP contribution is -2.14. The predicted octanol–water partition coefficient (Wildman–Crippen LogP) is 3.56. The summed E-state index contributed by atoms with van der Waals surface area (Å²) in [5, 5.41) is 3.71. The minimum Gasteiger partial charge on any atom is -0.494 e. The molecule has 2 aromatic carbocycles. The summed E-state index contributed by atoms with van der Waals surface area (Å²) in [6.07, 6.45) is 1.78. The maximum atomic E-state index is 13.7. The zero-order valence-corrected chi connectivity index (χ0v) is 12.5. The molecule has 0 bridgehead atoms. The topological polar surface area (TPSA) is 51.2 Å². The van der Waals surface area contributed by atoms with Crippen molar-refractivity contribution in [1.29, 1.82) is 0 Å². The van der Waals surface area contributed by atoms with Gasteiger partial charge < -0.3 is 10.1 Å². The van der Waals surface area contributed by atoms with Gasteiger partial charge in [-0.3, -0.25) is 9.78 Å². The van der Waals surface area contributed by atoms with Gasteiger partial charge in [-0.15, -0.1) is 0 Å². The fraction of sp³-hybridized carbons (Fsp3) is 0.111. The number of amides is 1. The normalized spacial score (nSPS) is 10.5. The lowest BCUT2D eigenvalue weighted by atomic mass is 10.1. The number of nitrogens with one attached hydrogen (secondary N) is 1. The van der Waals surface area contributed by atoms with Crippen LogP contribution >= 0.6 is 0 Å². The molecular formula is C18H15FN2O2. The van der Waals surface area contributed by atoms with E-state index in [1.807, 2.05) is 30.3 Å². The Morgan fingerprint density at radius 3 is 2.87 bits per heavy atom. The van der Waals surface area contributed by atoms with Gasteiger partial charge in [-0.1, -0.05) is 12.1 Å². The van der Waals surface area contributed by atoms with Gasteiger partial charge in [0.2, 0.25) is 5.91 Å². The first-order chi connectivity index (χ1) is 11.2. The number of halogens is 1. The maximum absolute atomic E-state index is 13.7. The molecule has 0 aliphatic carbocycles. The second-order valence-corrected chi connectivity index (χ2v) is 5.07. The molecule has 0 aliphatic rings. The Labute approximate surface area is 132 Å². The molecule has 1 N–H and O–H groups in total. The number of nitrogens with zero attached hydrogens (tertiary/aromatic N) is 1. The molecular weight excluding hydrogens is 295 g/mol. The van der Waals surface area contributed by atoms with Crippen LogP contribution in [0.15, 0.2) is 54.7 Å². The zero-order valence-electron chi connectivity index (χ0n) is 12.5. The Hall–Kier alpha value is -2.95. The van der Waals surface area contributed by atoms with Crippen molar-refractivity contribution < 1.29 is 13.9 Å². The molecule has 0 radical (unpaired) electrons. The Morgan fingerprint density at radius 2 is 2.09 bits per heavy atom. The second kappa shape index (κ2) is 6.44. The minimum atomic E-state index is -0.479. The summed E-state index contributed by atoms with van der Waals surface area (Å²) in [5.41, 5.74) is 2.08. The van der Waals surface area contributed by atoms with Crippen LogP contribution in [-0.2, 0) is 11.2 Å². The predicted molar refractivity (Wildman–Crippen MR) is 87.0 cm³/mol. The van der Waals surface area contributed by atoms with E-state index in [9.17, 15) is 9.18 Å². The van der Waals surface area contributed by atoms with Crippen molar-refractivity contribution in [2.75, 3.05) is 12.4 Å². The minimum absolute atomic E-state index is 0.0809. The summed E-state index contributed by atoms with van der Waals surface area (Å²) in [6, 6.07) is 13.7. The lowest BCUT2D eigenvalue weighted by Gasteiger charge is -2.09. The standard InChI is InChI=1S/C18H15FN2O2/c1-23-17-8-7-12(10-14(17)19)11-18(22)21-16-6-2-5-15-13(16)4-3-9-20-15/h2-10H,11H2,1H3,(H,21,22).